The lowest BCUT2D eigenvalue weighted by Gasteiger charge is -2.27. The van der Waals surface area contributed by atoms with Crippen LogP contribution in [0.5, 0.6) is 0 Å². The molecule has 1 saturated carbocycles. The number of carbonyl (C=O) groups excluding carboxylic acids is 1. The second kappa shape index (κ2) is 5.17. The maximum absolute atomic E-state index is 11.9. The summed E-state index contributed by atoms with van der Waals surface area (Å²) in [7, 11) is 0. The molecule has 2 aliphatic heterocycles. The molecule has 3 fully saturated rings. The zero-order valence-electron chi connectivity index (χ0n) is 11.1. The van der Waals surface area contributed by atoms with Gasteiger partial charge in [-0.05, 0) is 38.6 Å². The molecule has 0 bridgehead atoms. The first-order valence-electron chi connectivity index (χ1n) is 7.44. The molecule has 1 spiro atoms. The van der Waals surface area contributed by atoms with E-state index < -0.39 is 0 Å². The van der Waals surface area contributed by atoms with Crippen LogP contribution in [0.15, 0.2) is 0 Å². The van der Waals surface area contributed by atoms with E-state index >= 15 is 0 Å². The summed E-state index contributed by atoms with van der Waals surface area (Å²) >= 11 is 0. The fourth-order valence-electron chi connectivity index (χ4n) is 3.68. The lowest BCUT2D eigenvalue weighted by molar-refractivity contribution is -0.132. The van der Waals surface area contributed by atoms with Crippen molar-refractivity contribution in [2.75, 3.05) is 26.2 Å². The van der Waals surface area contributed by atoms with Crippen LogP contribution in [0.1, 0.15) is 44.9 Å². The smallest absolute Gasteiger partial charge is 0.236 e. The van der Waals surface area contributed by atoms with Gasteiger partial charge in [0.2, 0.25) is 5.91 Å². The average molecular weight is 252 g/mol. The largest absolute Gasteiger partial charge is 0.370 e. The average Bonchev–Trinajstić information content (AvgIpc) is 2.93. The molecule has 102 valence electrons. The second-order valence-electron chi connectivity index (χ2n) is 6.04. The van der Waals surface area contributed by atoms with Crippen LogP contribution in [0.3, 0.4) is 0 Å². The molecule has 1 amide bonds. The number of carbonyl (C=O) groups is 1. The number of nitrogens with one attached hydrogen (secondary N) is 1. The third-order valence-corrected chi connectivity index (χ3v) is 4.69. The first-order valence-corrected chi connectivity index (χ1v) is 7.44. The third-order valence-electron chi connectivity index (χ3n) is 4.69. The molecule has 0 aromatic heterocycles. The summed E-state index contributed by atoms with van der Waals surface area (Å²) in [6, 6.07) is 0. The number of amides is 1. The number of ether oxygens (including phenoxy) is 1. The fourth-order valence-corrected chi connectivity index (χ4v) is 3.68. The van der Waals surface area contributed by atoms with E-state index in [1.54, 1.807) is 0 Å². The van der Waals surface area contributed by atoms with E-state index in [-0.39, 0.29) is 17.6 Å². The number of nitrogens with zero attached hydrogens (tertiary/aromatic N) is 1. The monoisotopic (exact) mass is 252 g/mol. The van der Waals surface area contributed by atoms with Crippen molar-refractivity contribution < 1.29 is 9.53 Å². The van der Waals surface area contributed by atoms with Gasteiger partial charge in [-0.2, -0.15) is 0 Å². The van der Waals surface area contributed by atoms with Gasteiger partial charge < -0.3 is 15.0 Å². The van der Waals surface area contributed by atoms with Gasteiger partial charge in [-0.3, -0.25) is 4.79 Å². The second-order valence-corrected chi connectivity index (χ2v) is 6.04. The van der Waals surface area contributed by atoms with Gasteiger partial charge in [0, 0.05) is 13.1 Å². The Labute approximate surface area is 109 Å². The van der Waals surface area contributed by atoms with Crippen molar-refractivity contribution in [3.8, 4) is 0 Å². The Morgan fingerprint density at radius 3 is 2.94 bits per heavy atom. The molecule has 2 heterocycles. The molecule has 3 rings (SSSR count). The van der Waals surface area contributed by atoms with Crippen LogP contribution in [-0.2, 0) is 9.53 Å². The third kappa shape index (κ3) is 2.54. The number of rotatable bonds is 2. The number of hydrogen-bond acceptors (Lipinski definition) is 3. The minimum Gasteiger partial charge on any atom is -0.370 e. The molecule has 0 radical (unpaired) electrons. The van der Waals surface area contributed by atoms with Crippen LogP contribution in [0.2, 0.25) is 0 Å². The van der Waals surface area contributed by atoms with Gasteiger partial charge in [0.1, 0.15) is 0 Å². The summed E-state index contributed by atoms with van der Waals surface area (Å²) in [6.45, 7) is 3.15. The van der Waals surface area contributed by atoms with Crippen molar-refractivity contribution in [2.45, 2.75) is 56.7 Å². The van der Waals surface area contributed by atoms with Gasteiger partial charge >= 0.3 is 0 Å². The van der Waals surface area contributed by atoms with Gasteiger partial charge in [0.25, 0.3) is 0 Å². The van der Waals surface area contributed by atoms with E-state index in [1.807, 2.05) is 4.90 Å². The summed E-state index contributed by atoms with van der Waals surface area (Å²) in [5.74, 6) is 0.239. The van der Waals surface area contributed by atoms with Crippen LogP contribution in [0.25, 0.3) is 0 Å². The zero-order valence-corrected chi connectivity index (χ0v) is 11.1. The van der Waals surface area contributed by atoms with Gasteiger partial charge in [-0.1, -0.05) is 12.8 Å². The van der Waals surface area contributed by atoms with E-state index in [0.29, 0.717) is 6.54 Å². The van der Waals surface area contributed by atoms with Crippen LogP contribution < -0.4 is 5.32 Å². The first-order chi connectivity index (χ1) is 8.77. The molecule has 1 atom stereocenters. The van der Waals surface area contributed by atoms with E-state index in [4.69, 9.17) is 4.74 Å². The predicted octanol–water partition coefficient (Wildman–Crippen LogP) is 1.30. The molecule has 0 aromatic rings. The van der Waals surface area contributed by atoms with Gasteiger partial charge in [-0.15, -0.1) is 0 Å². The van der Waals surface area contributed by atoms with Crippen molar-refractivity contribution in [3.05, 3.63) is 0 Å². The molecule has 0 aromatic carbocycles. The van der Waals surface area contributed by atoms with Crippen LogP contribution >= 0.6 is 0 Å². The van der Waals surface area contributed by atoms with E-state index in [1.165, 1.54) is 32.1 Å². The molecular weight excluding hydrogens is 228 g/mol. The molecule has 3 aliphatic rings. The molecule has 4 nitrogen and oxygen atoms in total. The lowest BCUT2D eigenvalue weighted by atomic mass is 9.98. The number of hydrogen-bond donors (Lipinski definition) is 1. The minimum absolute atomic E-state index is 0.192. The molecule has 4 heteroatoms. The Morgan fingerprint density at radius 1 is 1.28 bits per heavy atom. The Morgan fingerprint density at radius 2 is 2.11 bits per heavy atom. The van der Waals surface area contributed by atoms with Crippen molar-refractivity contribution in [1.82, 2.24) is 10.2 Å². The molecule has 2 saturated heterocycles. The Kier molecular flexibility index (Phi) is 3.57. The van der Waals surface area contributed by atoms with Crippen molar-refractivity contribution in [1.29, 1.82) is 0 Å². The van der Waals surface area contributed by atoms with Crippen molar-refractivity contribution >= 4 is 5.91 Å². The van der Waals surface area contributed by atoms with Crippen molar-refractivity contribution in [2.24, 2.45) is 0 Å². The van der Waals surface area contributed by atoms with Gasteiger partial charge in [0.05, 0.1) is 18.2 Å². The fraction of sp³-hybridized carbons (Fsp3) is 0.929. The normalized spacial score (nSPS) is 32.1. The molecule has 1 unspecified atom stereocenters. The van der Waals surface area contributed by atoms with E-state index in [0.717, 1.165) is 32.5 Å². The summed E-state index contributed by atoms with van der Waals surface area (Å²) in [5, 5.41) is 3.17. The Bertz CT molecular complexity index is 313. The topological polar surface area (TPSA) is 41.6 Å². The molecule has 1 aliphatic carbocycles. The van der Waals surface area contributed by atoms with E-state index in [2.05, 4.69) is 5.32 Å². The Hall–Kier alpha value is -0.610. The summed E-state index contributed by atoms with van der Waals surface area (Å²) in [5.41, 5.74) is 0.192. The van der Waals surface area contributed by atoms with Gasteiger partial charge in [-0.25, -0.2) is 0 Å². The van der Waals surface area contributed by atoms with Crippen LogP contribution in [0, 0.1) is 0 Å². The van der Waals surface area contributed by atoms with Crippen LogP contribution in [0.4, 0.5) is 0 Å². The quantitative estimate of drug-likeness (QED) is 0.805. The zero-order chi connectivity index (χ0) is 12.4. The maximum Gasteiger partial charge on any atom is 0.236 e. The van der Waals surface area contributed by atoms with Gasteiger partial charge in [0.15, 0.2) is 0 Å². The summed E-state index contributed by atoms with van der Waals surface area (Å²) < 4.78 is 6.29. The Balaban J connectivity index is 1.55. The van der Waals surface area contributed by atoms with E-state index in [9.17, 15) is 4.79 Å². The highest BCUT2D eigenvalue weighted by molar-refractivity contribution is 5.78. The minimum atomic E-state index is 0.192. The highest BCUT2D eigenvalue weighted by Crippen LogP contribution is 2.43. The SMILES string of the molecule is O=C1CNCCCN1CC1CCC2(CCCC2)O1. The van der Waals surface area contributed by atoms with Crippen LogP contribution in [-0.4, -0.2) is 48.7 Å². The summed E-state index contributed by atoms with van der Waals surface area (Å²) in [6.07, 6.45) is 8.79. The molecule has 1 N–H and O–H groups in total. The highest BCUT2D eigenvalue weighted by atomic mass is 16.5. The standard InChI is InChI=1S/C14H24N2O2/c17-13-10-15-8-3-9-16(13)11-12-4-7-14(18-12)5-1-2-6-14/h12,15H,1-11H2. The first kappa shape index (κ1) is 12.4. The molecular formula is C14H24N2O2. The summed E-state index contributed by atoms with van der Waals surface area (Å²) in [4.78, 5) is 13.9. The molecule has 18 heavy (non-hydrogen) atoms. The highest BCUT2D eigenvalue weighted by Gasteiger charge is 2.42. The maximum atomic E-state index is 11.9. The predicted molar refractivity (Wildman–Crippen MR) is 69.4 cm³/mol. The lowest BCUT2D eigenvalue weighted by Crippen LogP contribution is -2.40. The van der Waals surface area contributed by atoms with Crippen molar-refractivity contribution in [3.63, 3.8) is 0 Å².